The first-order valence-electron chi connectivity index (χ1n) is 5.23. The van der Waals surface area contributed by atoms with Gasteiger partial charge in [0.05, 0.1) is 12.0 Å². The van der Waals surface area contributed by atoms with Crippen molar-refractivity contribution in [3.63, 3.8) is 0 Å². The molecule has 0 saturated heterocycles. The highest BCUT2D eigenvalue weighted by molar-refractivity contribution is 5.72. The van der Waals surface area contributed by atoms with Gasteiger partial charge >= 0.3 is 0 Å². The van der Waals surface area contributed by atoms with Gasteiger partial charge in [0.15, 0.2) is 0 Å². The second kappa shape index (κ2) is 4.75. The molecule has 5 heteroatoms. The van der Waals surface area contributed by atoms with E-state index in [9.17, 15) is 15.2 Å². The maximum Gasteiger partial charge on any atom is 0.269 e. The van der Waals surface area contributed by atoms with Crippen molar-refractivity contribution in [3.8, 4) is 22.6 Å². The van der Waals surface area contributed by atoms with Crippen LogP contribution < -0.4 is 4.74 Å². The summed E-state index contributed by atoms with van der Waals surface area (Å²) in [5, 5.41) is 19.9. The summed E-state index contributed by atoms with van der Waals surface area (Å²) in [4.78, 5) is 10.1. The molecular formula is C13H11NO4. The standard InChI is InChI=1S/C13H11NO4/c1-18-13-8-11(15)6-7-12(13)9-2-4-10(5-3-9)14(16)17/h2-8,15H,1H3. The molecule has 0 spiro atoms. The van der Waals surface area contributed by atoms with E-state index in [-0.39, 0.29) is 11.4 Å². The summed E-state index contributed by atoms with van der Waals surface area (Å²) in [6.45, 7) is 0. The number of phenols is 1. The third kappa shape index (κ3) is 2.24. The summed E-state index contributed by atoms with van der Waals surface area (Å²) in [6, 6.07) is 10.9. The van der Waals surface area contributed by atoms with E-state index in [0.29, 0.717) is 5.75 Å². The normalized spacial score (nSPS) is 10.1. The van der Waals surface area contributed by atoms with Gasteiger partial charge in [-0.3, -0.25) is 10.1 Å². The number of phenolic OH excluding ortho intramolecular Hbond substituents is 1. The van der Waals surface area contributed by atoms with Crippen molar-refractivity contribution in [3.05, 3.63) is 52.6 Å². The van der Waals surface area contributed by atoms with Gasteiger partial charge in [-0.25, -0.2) is 0 Å². The zero-order valence-electron chi connectivity index (χ0n) is 9.66. The second-order valence-corrected chi connectivity index (χ2v) is 3.69. The van der Waals surface area contributed by atoms with Crippen LogP contribution in [0.4, 0.5) is 5.69 Å². The smallest absolute Gasteiger partial charge is 0.269 e. The van der Waals surface area contributed by atoms with Crippen molar-refractivity contribution in [2.45, 2.75) is 0 Å². The van der Waals surface area contributed by atoms with Gasteiger partial charge in [-0.05, 0) is 29.8 Å². The molecule has 0 aromatic heterocycles. The Labute approximate surface area is 103 Å². The summed E-state index contributed by atoms with van der Waals surface area (Å²) in [7, 11) is 1.50. The average Bonchev–Trinajstić information content (AvgIpc) is 2.38. The summed E-state index contributed by atoms with van der Waals surface area (Å²) in [5.41, 5.74) is 1.60. The molecule has 0 saturated carbocycles. The van der Waals surface area contributed by atoms with Gasteiger partial charge in [-0.1, -0.05) is 0 Å². The second-order valence-electron chi connectivity index (χ2n) is 3.69. The maximum absolute atomic E-state index is 10.6. The number of benzene rings is 2. The van der Waals surface area contributed by atoms with Gasteiger partial charge in [0.25, 0.3) is 5.69 Å². The number of nitrogens with zero attached hydrogens (tertiary/aromatic N) is 1. The molecule has 2 aromatic carbocycles. The SMILES string of the molecule is COc1cc(O)ccc1-c1ccc([N+](=O)[O-])cc1. The van der Waals surface area contributed by atoms with Crippen LogP contribution >= 0.6 is 0 Å². The molecule has 0 radical (unpaired) electrons. The molecule has 0 atom stereocenters. The monoisotopic (exact) mass is 245 g/mol. The zero-order chi connectivity index (χ0) is 13.1. The summed E-state index contributed by atoms with van der Waals surface area (Å²) in [6.07, 6.45) is 0. The van der Waals surface area contributed by atoms with Crippen molar-refractivity contribution in [1.82, 2.24) is 0 Å². The Morgan fingerprint density at radius 1 is 1.17 bits per heavy atom. The fourth-order valence-corrected chi connectivity index (χ4v) is 1.68. The number of aromatic hydroxyl groups is 1. The number of nitro groups is 1. The van der Waals surface area contributed by atoms with Crippen molar-refractivity contribution < 1.29 is 14.8 Å². The topological polar surface area (TPSA) is 72.6 Å². The molecular weight excluding hydrogens is 234 g/mol. The number of nitro benzene ring substituents is 1. The number of methoxy groups -OCH3 is 1. The molecule has 0 unspecified atom stereocenters. The van der Waals surface area contributed by atoms with Crippen LogP contribution in [0.15, 0.2) is 42.5 Å². The molecule has 5 nitrogen and oxygen atoms in total. The molecule has 18 heavy (non-hydrogen) atoms. The lowest BCUT2D eigenvalue weighted by Gasteiger charge is -2.08. The van der Waals surface area contributed by atoms with E-state index in [1.807, 2.05) is 0 Å². The van der Waals surface area contributed by atoms with Gasteiger partial charge in [-0.2, -0.15) is 0 Å². The van der Waals surface area contributed by atoms with E-state index in [1.54, 1.807) is 24.3 Å². The van der Waals surface area contributed by atoms with Crippen molar-refractivity contribution >= 4 is 5.69 Å². The Hall–Kier alpha value is -2.56. The van der Waals surface area contributed by atoms with Crippen molar-refractivity contribution in [2.75, 3.05) is 7.11 Å². The van der Waals surface area contributed by atoms with E-state index in [1.165, 1.54) is 25.3 Å². The lowest BCUT2D eigenvalue weighted by atomic mass is 10.0. The fraction of sp³-hybridized carbons (Fsp3) is 0.0769. The highest BCUT2D eigenvalue weighted by atomic mass is 16.6. The van der Waals surface area contributed by atoms with Crippen molar-refractivity contribution in [2.24, 2.45) is 0 Å². The summed E-state index contributed by atoms with van der Waals surface area (Å²) >= 11 is 0. The quantitative estimate of drug-likeness (QED) is 0.666. The molecule has 0 fully saturated rings. The van der Waals surface area contributed by atoms with E-state index in [4.69, 9.17) is 4.74 Å². The van der Waals surface area contributed by atoms with Crippen LogP contribution in [-0.2, 0) is 0 Å². The minimum atomic E-state index is -0.447. The number of non-ortho nitro benzene ring substituents is 1. The van der Waals surface area contributed by atoms with E-state index in [2.05, 4.69) is 0 Å². The molecule has 0 heterocycles. The first-order chi connectivity index (χ1) is 8.61. The Balaban J connectivity index is 2.45. The van der Waals surface area contributed by atoms with Crippen LogP contribution in [0, 0.1) is 10.1 Å². The molecule has 0 aliphatic carbocycles. The van der Waals surface area contributed by atoms with Gasteiger partial charge in [0, 0.05) is 23.8 Å². The van der Waals surface area contributed by atoms with Crippen LogP contribution in [0.1, 0.15) is 0 Å². The summed E-state index contributed by atoms with van der Waals surface area (Å²) in [5.74, 6) is 0.626. The molecule has 0 bridgehead atoms. The maximum atomic E-state index is 10.6. The number of hydrogen-bond acceptors (Lipinski definition) is 4. The highest BCUT2D eigenvalue weighted by Crippen LogP contribution is 2.33. The Morgan fingerprint density at radius 3 is 2.39 bits per heavy atom. The molecule has 1 N–H and O–H groups in total. The molecule has 0 aliphatic rings. The Morgan fingerprint density at radius 2 is 1.83 bits per heavy atom. The molecule has 2 aromatic rings. The highest BCUT2D eigenvalue weighted by Gasteiger charge is 2.09. The number of ether oxygens (including phenoxy) is 1. The van der Waals surface area contributed by atoms with Gasteiger partial charge in [-0.15, -0.1) is 0 Å². The van der Waals surface area contributed by atoms with Crippen molar-refractivity contribution in [1.29, 1.82) is 0 Å². The molecule has 0 aliphatic heterocycles. The van der Waals surface area contributed by atoms with Gasteiger partial charge < -0.3 is 9.84 Å². The minimum Gasteiger partial charge on any atom is -0.508 e. The van der Waals surface area contributed by atoms with Crippen LogP contribution in [0.25, 0.3) is 11.1 Å². The van der Waals surface area contributed by atoms with Crippen LogP contribution in [0.5, 0.6) is 11.5 Å². The first kappa shape index (κ1) is 11.9. The van der Waals surface area contributed by atoms with E-state index >= 15 is 0 Å². The van der Waals surface area contributed by atoms with Crippen LogP contribution in [-0.4, -0.2) is 17.1 Å². The van der Waals surface area contributed by atoms with Crippen LogP contribution in [0.2, 0.25) is 0 Å². The zero-order valence-corrected chi connectivity index (χ0v) is 9.66. The summed E-state index contributed by atoms with van der Waals surface area (Å²) < 4.78 is 5.16. The van der Waals surface area contributed by atoms with Gasteiger partial charge in [0.2, 0.25) is 0 Å². The average molecular weight is 245 g/mol. The van der Waals surface area contributed by atoms with E-state index < -0.39 is 4.92 Å². The lowest BCUT2D eigenvalue weighted by Crippen LogP contribution is -1.89. The Bertz CT molecular complexity index is 578. The largest absolute Gasteiger partial charge is 0.508 e. The molecule has 0 amide bonds. The predicted molar refractivity (Wildman–Crippen MR) is 66.7 cm³/mol. The molecule has 2 rings (SSSR count). The van der Waals surface area contributed by atoms with Crippen LogP contribution in [0.3, 0.4) is 0 Å². The van der Waals surface area contributed by atoms with E-state index in [0.717, 1.165) is 11.1 Å². The molecule has 92 valence electrons. The van der Waals surface area contributed by atoms with Gasteiger partial charge in [0.1, 0.15) is 11.5 Å². The first-order valence-corrected chi connectivity index (χ1v) is 5.23. The number of hydrogen-bond donors (Lipinski definition) is 1. The Kier molecular flexibility index (Phi) is 3.14. The third-order valence-electron chi connectivity index (χ3n) is 2.57. The fourth-order valence-electron chi connectivity index (χ4n) is 1.68. The number of rotatable bonds is 3. The third-order valence-corrected chi connectivity index (χ3v) is 2.57. The minimum absolute atomic E-state index is 0.0384. The predicted octanol–water partition coefficient (Wildman–Crippen LogP) is 2.98. The lowest BCUT2D eigenvalue weighted by molar-refractivity contribution is -0.384.